The lowest BCUT2D eigenvalue weighted by atomic mass is 9.89. The van der Waals surface area contributed by atoms with Crippen LogP contribution in [0.5, 0.6) is 0 Å². The molecule has 3 rings (SSSR count). The minimum atomic E-state index is -4.09. The molecule has 0 radical (unpaired) electrons. The third-order valence-corrected chi connectivity index (χ3v) is 6.15. The Labute approximate surface area is 177 Å². The monoisotopic (exact) mass is 452 g/mol. The lowest BCUT2D eigenvalue weighted by Crippen LogP contribution is -2.51. The summed E-state index contributed by atoms with van der Waals surface area (Å²) in [5, 5.41) is 6.27. The standard InChI is InChI=1S/C20H18ClFN2O5S/c1-2-29-19(25)17-16(11-30(27,28)15-9-7-14(22)8-10-15)23-20(26)24-18(17)12-3-5-13(21)6-4-12/h3-11,17-18H,2H2,1H3,(H2,23,24,26)/b16-11+/t17-,18-/m1/s1. The molecule has 0 aliphatic carbocycles. The Morgan fingerprint density at radius 2 is 1.80 bits per heavy atom. The summed E-state index contributed by atoms with van der Waals surface area (Å²) in [7, 11) is -4.09. The van der Waals surface area contributed by atoms with Crippen molar-refractivity contribution < 1.29 is 27.1 Å². The van der Waals surface area contributed by atoms with Gasteiger partial charge < -0.3 is 15.4 Å². The van der Waals surface area contributed by atoms with E-state index in [9.17, 15) is 22.4 Å². The van der Waals surface area contributed by atoms with E-state index in [1.807, 2.05) is 0 Å². The van der Waals surface area contributed by atoms with Gasteiger partial charge in [-0.25, -0.2) is 17.6 Å². The van der Waals surface area contributed by atoms with Gasteiger partial charge in [0.15, 0.2) is 0 Å². The number of benzene rings is 2. The summed E-state index contributed by atoms with van der Waals surface area (Å²) in [5.74, 6) is -2.46. The molecule has 1 aliphatic heterocycles. The maximum Gasteiger partial charge on any atom is 0.319 e. The van der Waals surface area contributed by atoms with E-state index in [4.69, 9.17) is 16.3 Å². The second-order valence-electron chi connectivity index (χ2n) is 6.43. The lowest BCUT2D eigenvalue weighted by Gasteiger charge is -2.33. The van der Waals surface area contributed by atoms with Crippen LogP contribution in [0, 0.1) is 11.7 Å². The van der Waals surface area contributed by atoms with E-state index >= 15 is 0 Å². The van der Waals surface area contributed by atoms with Crippen molar-refractivity contribution in [1.29, 1.82) is 0 Å². The van der Waals surface area contributed by atoms with Crippen molar-refractivity contribution in [2.75, 3.05) is 6.61 Å². The van der Waals surface area contributed by atoms with Crippen molar-refractivity contribution in [3.8, 4) is 0 Å². The van der Waals surface area contributed by atoms with Crippen molar-refractivity contribution in [2.24, 2.45) is 5.92 Å². The summed E-state index contributed by atoms with van der Waals surface area (Å²) >= 11 is 5.91. The van der Waals surface area contributed by atoms with Crippen LogP contribution in [0.1, 0.15) is 18.5 Å². The fourth-order valence-electron chi connectivity index (χ4n) is 3.05. The molecule has 2 N–H and O–H groups in total. The van der Waals surface area contributed by atoms with Crippen LogP contribution in [0.15, 0.2) is 64.5 Å². The Morgan fingerprint density at radius 3 is 2.40 bits per heavy atom. The molecule has 0 spiro atoms. The molecule has 7 nitrogen and oxygen atoms in total. The first-order valence-electron chi connectivity index (χ1n) is 8.93. The molecule has 2 atom stereocenters. The Balaban J connectivity index is 2.08. The van der Waals surface area contributed by atoms with Gasteiger partial charge >= 0.3 is 12.0 Å². The average molecular weight is 453 g/mol. The van der Waals surface area contributed by atoms with E-state index in [1.165, 1.54) is 0 Å². The fraction of sp³-hybridized carbons (Fsp3) is 0.200. The molecule has 0 saturated carbocycles. The molecular formula is C20H18ClFN2O5S. The number of ether oxygens (including phenoxy) is 1. The highest BCUT2D eigenvalue weighted by molar-refractivity contribution is 7.94. The first-order valence-corrected chi connectivity index (χ1v) is 10.9. The quantitative estimate of drug-likeness (QED) is 0.535. The van der Waals surface area contributed by atoms with Crippen molar-refractivity contribution in [2.45, 2.75) is 17.9 Å². The van der Waals surface area contributed by atoms with E-state index in [0.717, 1.165) is 29.7 Å². The Bertz CT molecular complexity index is 1090. The van der Waals surface area contributed by atoms with Gasteiger partial charge in [0.05, 0.1) is 23.0 Å². The Morgan fingerprint density at radius 1 is 1.17 bits per heavy atom. The van der Waals surface area contributed by atoms with Crippen LogP contribution < -0.4 is 10.6 Å². The van der Waals surface area contributed by atoms with Crippen LogP contribution in [0.25, 0.3) is 0 Å². The van der Waals surface area contributed by atoms with Gasteiger partial charge in [0.1, 0.15) is 11.7 Å². The molecule has 1 heterocycles. The third-order valence-electron chi connectivity index (χ3n) is 4.41. The number of amides is 2. The largest absolute Gasteiger partial charge is 0.465 e. The smallest absolute Gasteiger partial charge is 0.319 e. The zero-order valence-corrected chi connectivity index (χ0v) is 17.3. The van der Waals surface area contributed by atoms with Crippen molar-refractivity contribution >= 4 is 33.4 Å². The lowest BCUT2D eigenvalue weighted by molar-refractivity contribution is -0.147. The minimum absolute atomic E-state index is 0.0641. The molecule has 0 bridgehead atoms. The highest BCUT2D eigenvalue weighted by Gasteiger charge is 2.40. The van der Waals surface area contributed by atoms with Gasteiger partial charge in [-0.3, -0.25) is 4.79 Å². The van der Waals surface area contributed by atoms with Gasteiger partial charge in [0.2, 0.25) is 9.84 Å². The Hall–Kier alpha value is -2.91. The number of esters is 1. The van der Waals surface area contributed by atoms with Crippen LogP contribution >= 0.6 is 11.6 Å². The molecule has 2 aromatic carbocycles. The fourth-order valence-corrected chi connectivity index (χ4v) is 4.37. The number of nitrogens with one attached hydrogen (secondary N) is 2. The van der Waals surface area contributed by atoms with E-state index in [-0.39, 0.29) is 17.2 Å². The third kappa shape index (κ3) is 4.80. The zero-order valence-electron chi connectivity index (χ0n) is 15.8. The van der Waals surface area contributed by atoms with Crippen molar-refractivity contribution in [3.63, 3.8) is 0 Å². The highest BCUT2D eigenvalue weighted by Crippen LogP contribution is 2.33. The number of urea groups is 1. The predicted molar refractivity (Wildman–Crippen MR) is 108 cm³/mol. The van der Waals surface area contributed by atoms with Crippen LogP contribution in [0.4, 0.5) is 9.18 Å². The van der Waals surface area contributed by atoms with Crippen LogP contribution in [0.3, 0.4) is 0 Å². The van der Waals surface area contributed by atoms with E-state index in [0.29, 0.717) is 10.6 Å². The second-order valence-corrected chi connectivity index (χ2v) is 8.66. The molecule has 1 saturated heterocycles. The topological polar surface area (TPSA) is 102 Å². The molecule has 0 aromatic heterocycles. The van der Waals surface area contributed by atoms with Gasteiger partial charge in [0.25, 0.3) is 0 Å². The van der Waals surface area contributed by atoms with Crippen molar-refractivity contribution in [3.05, 3.63) is 76.0 Å². The molecule has 30 heavy (non-hydrogen) atoms. The van der Waals surface area contributed by atoms with E-state index in [1.54, 1.807) is 31.2 Å². The summed E-state index contributed by atoms with van der Waals surface area (Å²) in [5.41, 5.74) is 0.388. The van der Waals surface area contributed by atoms with Crippen LogP contribution in [-0.4, -0.2) is 27.0 Å². The molecule has 2 amide bonds. The molecule has 0 unspecified atom stereocenters. The van der Waals surface area contributed by atoms with Gasteiger partial charge in [-0.2, -0.15) is 0 Å². The van der Waals surface area contributed by atoms with Gasteiger partial charge in [-0.1, -0.05) is 23.7 Å². The molecule has 1 aliphatic rings. The first-order chi connectivity index (χ1) is 14.2. The zero-order chi connectivity index (χ0) is 21.9. The van der Waals surface area contributed by atoms with E-state index < -0.39 is 39.6 Å². The number of hydrogen-bond donors (Lipinski definition) is 2. The Kier molecular flexibility index (Phi) is 6.42. The molecular weight excluding hydrogens is 435 g/mol. The predicted octanol–water partition coefficient (Wildman–Crippen LogP) is 3.33. The number of sulfone groups is 1. The number of carbonyl (C=O) groups excluding carboxylic acids is 2. The maximum atomic E-state index is 13.2. The van der Waals surface area contributed by atoms with Crippen LogP contribution in [0.2, 0.25) is 5.02 Å². The highest BCUT2D eigenvalue weighted by atomic mass is 35.5. The summed E-state index contributed by atoms with van der Waals surface area (Å²) in [6.07, 6.45) is 0. The number of halogens is 2. The van der Waals surface area contributed by atoms with Gasteiger partial charge in [-0.15, -0.1) is 0 Å². The SMILES string of the molecule is CCOC(=O)[C@@H]1/C(=C\S(=O)(=O)c2ccc(F)cc2)NC(=O)N[C@@H]1c1ccc(Cl)cc1. The summed E-state index contributed by atoms with van der Waals surface area (Å²) in [6, 6.07) is 9.06. The molecule has 2 aromatic rings. The number of hydrogen-bond acceptors (Lipinski definition) is 5. The maximum absolute atomic E-state index is 13.2. The van der Waals surface area contributed by atoms with Crippen LogP contribution in [-0.2, 0) is 19.4 Å². The minimum Gasteiger partial charge on any atom is -0.465 e. The molecule has 10 heteroatoms. The number of carbonyl (C=O) groups is 2. The van der Waals surface area contributed by atoms with E-state index in [2.05, 4.69) is 10.6 Å². The normalized spacial score (nSPS) is 20.4. The molecule has 1 fully saturated rings. The average Bonchev–Trinajstić information content (AvgIpc) is 2.68. The summed E-state index contributed by atoms with van der Waals surface area (Å²) < 4.78 is 43.9. The van der Waals surface area contributed by atoms with Crippen molar-refractivity contribution in [1.82, 2.24) is 10.6 Å². The van der Waals surface area contributed by atoms with Gasteiger partial charge in [0, 0.05) is 10.7 Å². The number of rotatable bonds is 5. The van der Waals surface area contributed by atoms with Gasteiger partial charge in [-0.05, 0) is 48.9 Å². The summed E-state index contributed by atoms with van der Waals surface area (Å²) in [4.78, 5) is 24.8. The molecule has 158 valence electrons. The first kappa shape index (κ1) is 21.8. The second kappa shape index (κ2) is 8.85. The summed E-state index contributed by atoms with van der Waals surface area (Å²) in [6.45, 7) is 1.68.